The number of rotatable bonds is 3. The number of hydrogen-bond donors (Lipinski definition) is 3. The van der Waals surface area contributed by atoms with Crippen molar-refractivity contribution < 1.29 is 19.7 Å². The number of piperidine rings is 1. The van der Waals surface area contributed by atoms with Gasteiger partial charge in [-0.2, -0.15) is 0 Å². The molecule has 0 saturated carbocycles. The van der Waals surface area contributed by atoms with Crippen LogP contribution < -0.4 is 10.1 Å². The number of ether oxygens (including phenoxy) is 1. The number of methoxy groups -OCH3 is 1. The molecule has 3 N–H and O–H groups in total. The molecule has 1 fully saturated rings. The molecule has 2 heterocycles. The molecule has 0 aromatic heterocycles. The molecular formula is C23H27N3O4. The van der Waals surface area contributed by atoms with Crippen LogP contribution in [0.5, 0.6) is 17.2 Å². The number of benzene rings is 2. The summed E-state index contributed by atoms with van der Waals surface area (Å²) in [5.41, 5.74) is 1.64. The Morgan fingerprint density at radius 2 is 1.90 bits per heavy atom. The van der Waals surface area contributed by atoms with Crippen LogP contribution in [0.2, 0.25) is 0 Å². The predicted molar refractivity (Wildman–Crippen MR) is 114 cm³/mol. The van der Waals surface area contributed by atoms with E-state index in [0.29, 0.717) is 43.7 Å². The molecule has 0 aliphatic carbocycles. The van der Waals surface area contributed by atoms with Crippen molar-refractivity contribution in [3.05, 3.63) is 53.6 Å². The number of aromatic hydroxyl groups is 2. The molecular weight excluding hydrogens is 382 g/mol. The van der Waals surface area contributed by atoms with E-state index in [1.165, 1.54) is 7.11 Å². The zero-order chi connectivity index (χ0) is 21.3. The lowest BCUT2D eigenvalue weighted by Gasteiger charge is -2.45. The molecule has 1 amide bonds. The molecule has 7 nitrogen and oxygen atoms in total. The fourth-order valence-electron chi connectivity index (χ4n) is 4.41. The van der Waals surface area contributed by atoms with Crippen LogP contribution in [0.1, 0.15) is 43.4 Å². The molecule has 30 heavy (non-hydrogen) atoms. The maximum atomic E-state index is 11.8. The first-order valence-electron chi connectivity index (χ1n) is 10.2. The maximum absolute atomic E-state index is 11.8. The van der Waals surface area contributed by atoms with Gasteiger partial charge in [0.1, 0.15) is 11.4 Å². The lowest BCUT2D eigenvalue weighted by atomic mass is 9.87. The van der Waals surface area contributed by atoms with Crippen LogP contribution in [0.15, 0.2) is 47.5 Å². The van der Waals surface area contributed by atoms with Crippen molar-refractivity contribution in [2.45, 2.75) is 37.9 Å². The van der Waals surface area contributed by atoms with Gasteiger partial charge in [0.25, 0.3) is 0 Å². The standard InChI is InChI=1S/C23H27N3O4/c1-15(27)26-12-10-23(11-13-26)24-18(16-6-3-4-8-20(16)28)14-19(25-23)17-7-5-9-21(30-2)22(17)29/h3-9,19,25,28-29H,10-14H2,1-2H3/t19-/m0/s1. The minimum absolute atomic E-state index is 0.0626. The molecule has 1 saturated heterocycles. The van der Waals surface area contributed by atoms with Gasteiger partial charge in [-0.05, 0) is 18.2 Å². The summed E-state index contributed by atoms with van der Waals surface area (Å²) in [5, 5.41) is 24.8. The van der Waals surface area contributed by atoms with Gasteiger partial charge in [-0.1, -0.05) is 24.3 Å². The molecule has 2 aromatic carbocycles. The minimum atomic E-state index is -0.567. The Morgan fingerprint density at radius 1 is 1.17 bits per heavy atom. The molecule has 2 aliphatic heterocycles. The van der Waals surface area contributed by atoms with Crippen molar-refractivity contribution in [2.24, 2.45) is 4.99 Å². The lowest BCUT2D eigenvalue weighted by Crippen LogP contribution is -2.56. The number of likely N-dealkylation sites (tertiary alicyclic amines) is 1. The van der Waals surface area contributed by atoms with E-state index in [-0.39, 0.29) is 23.4 Å². The molecule has 2 aliphatic rings. The highest BCUT2D eigenvalue weighted by atomic mass is 16.5. The average molecular weight is 409 g/mol. The van der Waals surface area contributed by atoms with Crippen molar-refractivity contribution in [2.75, 3.05) is 20.2 Å². The van der Waals surface area contributed by atoms with E-state index in [1.54, 1.807) is 25.1 Å². The highest BCUT2D eigenvalue weighted by Gasteiger charge is 2.41. The molecule has 0 bridgehead atoms. The maximum Gasteiger partial charge on any atom is 0.219 e. The minimum Gasteiger partial charge on any atom is -0.507 e. The zero-order valence-electron chi connectivity index (χ0n) is 17.3. The van der Waals surface area contributed by atoms with Crippen LogP contribution in [0.4, 0.5) is 0 Å². The van der Waals surface area contributed by atoms with Crippen molar-refractivity contribution in [1.82, 2.24) is 10.2 Å². The zero-order valence-corrected chi connectivity index (χ0v) is 17.3. The van der Waals surface area contributed by atoms with Crippen LogP contribution in [-0.4, -0.2) is 52.6 Å². The largest absolute Gasteiger partial charge is 0.507 e. The van der Waals surface area contributed by atoms with Crippen molar-refractivity contribution in [3.63, 3.8) is 0 Å². The van der Waals surface area contributed by atoms with Gasteiger partial charge in [0, 0.05) is 62.2 Å². The van der Waals surface area contributed by atoms with Crippen LogP contribution in [0.3, 0.4) is 0 Å². The van der Waals surface area contributed by atoms with Crippen molar-refractivity contribution >= 4 is 11.6 Å². The molecule has 1 atom stereocenters. The van der Waals surface area contributed by atoms with E-state index in [0.717, 1.165) is 11.3 Å². The highest BCUT2D eigenvalue weighted by Crippen LogP contribution is 2.41. The summed E-state index contributed by atoms with van der Waals surface area (Å²) in [7, 11) is 1.53. The SMILES string of the molecule is COc1cccc([C@@H]2CC(c3ccccc3O)=NC3(CCN(C(C)=O)CC3)N2)c1O. The van der Waals surface area contributed by atoms with Gasteiger partial charge >= 0.3 is 0 Å². The number of amides is 1. The van der Waals surface area contributed by atoms with Gasteiger partial charge in [-0.3, -0.25) is 15.1 Å². The summed E-state index contributed by atoms with van der Waals surface area (Å²) < 4.78 is 5.29. The highest BCUT2D eigenvalue weighted by molar-refractivity contribution is 6.03. The van der Waals surface area contributed by atoms with E-state index in [1.807, 2.05) is 29.2 Å². The van der Waals surface area contributed by atoms with Gasteiger partial charge in [0.2, 0.25) is 5.91 Å². The first-order chi connectivity index (χ1) is 14.4. The van der Waals surface area contributed by atoms with Gasteiger partial charge in [-0.25, -0.2) is 0 Å². The van der Waals surface area contributed by atoms with Gasteiger partial charge < -0.3 is 19.8 Å². The van der Waals surface area contributed by atoms with Crippen LogP contribution >= 0.6 is 0 Å². The summed E-state index contributed by atoms with van der Waals surface area (Å²) in [4.78, 5) is 18.7. The first-order valence-corrected chi connectivity index (χ1v) is 10.2. The second-order valence-corrected chi connectivity index (χ2v) is 7.91. The van der Waals surface area contributed by atoms with Gasteiger partial charge in [-0.15, -0.1) is 0 Å². The quantitative estimate of drug-likeness (QED) is 0.725. The lowest BCUT2D eigenvalue weighted by molar-refractivity contribution is -0.130. The van der Waals surface area contributed by atoms with Crippen LogP contribution in [-0.2, 0) is 4.79 Å². The van der Waals surface area contributed by atoms with Gasteiger partial charge in [0.05, 0.1) is 7.11 Å². The number of carbonyl (C=O) groups is 1. The van der Waals surface area contributed by atoms with Crippen LogP contribution in [0, 0.1) is 0 Å². The molecule has 0 unspecified atom stereocenters. The Labute approximate surface area is 176 Å². The summed E-state index contributed by atoms with van der Waals surface area (Å²) in [6.45, 7) is 2.80. The third-order valence-electron chi connectivity index (χ3n) is 6.07. The third kappa shape index (κ3) is 3.73. The number of phenolic OH excluding ortho intramolecular Hbond substituents is 2. The topological polar surface area (TPSA) is 94.4 Å². The first kappa shape index (κ1) is 20.2. The van der Waals surface area contributed by atoms with E-state index < -0.39 is 5.66 Å². The molecule has 158 valence electrons. The number of nitrogens with zero attached hydrogens (tertiary/aromatic N) is 2. The van der Waals surface area contributed by atoms with Gasteiger partial charge in [0.15, 0.2) is 11.5 Å². The second kappa shape index (κ2) is 7.99. The van der Waals surface area contributed by atoms with Crippen molar-refractivity contribution in [1.29, 1.82) is 0 Å². The summed E-state index contributed by atoms with van der Waals surface area (Å²) in [6, 6.07) is 12.4. The number of carbonyl (C=O) groups excluding carboxylic acids is 1. The van der Waals surface area contributed by atoms with E-state index in [4.69, 9.17) is 9.73 Å². The van der Waals surface area contributed by atoms with E-state index >= 15 is 0 Å². The Hall–Kier alpha value is -3.06. The Bertz CT molecular complexity index is 980. The normalized spacial score (nSPS) is 20.7. The molecule has 1 spiro atoms. The fraction of sp³-hybridized carbons (Fsp3) is 0.391. The Kier molecular flexibility index (Phi) is 5.39. The number of nitrogens with one attached hydrogen (secondary N) is 1. The van der Waals surface area contributed by atoms with E-state index in [2.05, 4.69) is 5.32 Å². The smallest absolute Gasteiger partial charge is 0.219 e. The number of phenols is 2. The summed E-state index contributed by atoms with van der Waals surface area (Å²) in [6.07, 6.45) is 1.83. The Balaban J connectivity index is 1.74. The van der Waals surface area contributed by atoms with E-state index in [9.17, 15) is 15.0 Å². The number of hydrogen-bond acceptors (Lipinski definition) is 6. The molecule has 4 rings (SSSR count). The monoisotopic (exact) mass is 409 g/mol. The summed E-state index contributed by atoms with van der Waals surface area (Å²) in [5.74, 6) is 0.768. The number of aliphatic imine (C=N–C) groups is 1. The second-order valence-electron chi connectivity index (χ2n) is 7.91. The Morgan fingerprint density at radius 3 is 2.57 bits per heavy atom. The third-order valence-corrected chi connectivity index (χ3v) is 6.07. The molecule has 2 aromatic rings. The summed E-state index contributed by atoms with van der Waals surface area (Å²) >= 11 is 0. The number of para-hydroxylation sites is 2. The average Bonchev–Trinajstić information content (AvgIpc) is 2.74. The predicted octanol–water partition coefficient (Wildman–Crippen LogP) is 2.97. The molecule has 7 heteroatoms. The fourth-order valence-corrected chi connectivity index (χ4v) is 4.41. The van der Waals surface area contributed by atoms with Crippen LogP contribution in [0.25, 0.3) is 0 Å². The van der Waals surface area contributed by atoms with Crippen molar-refractivity contribution in [3.8, 4) is 17.2 Å². The molecule has 0 radical (unpaired) electrons.